The first-order valence-electron chi connectivity index (χ1n) is 6.63. The molecule has 0 saturated carbocycles. The molecule has 0 aliphatic rings. The van der Waals surface area contributed by atoms with Crippen LogP contribution in [0.5, 0.6) is 5.75 Å². The predicted molar refractivity (Wildman–Crippen MR) is 80.5 cm³/mol. The van der Waals surface area contributed by atoms with E-state index in [0.717, 1.165) is 12.1 Å². The average Bonchev–Trinajstić information content (AvgIpc) is 2.47. The summed E-state index contributed by atoms with van der Waals surface area (Å²) >= 11 is 0. The van der Waals surface area contributed by atoms with Crippen LogP contribution in [0.4, 0.5) is 19.3 Å². The summed E-state index contributed by atoms with van der Waals surface area (Å²) in [7, 11) is 3.05. The number of rotatable bonds is 3. The number of hydrogen-bond donors (Lipinski definition) is 1. The van der Waals surface area contributed by atoms with Crippen LogP contribution in [0.1, 0.15) is 10.4 Å². The van der Waals surface area contributed by atoms with E-state index in [4.69, 9.17) is 4.74 Å². The SMILES string of the molecule is CN(C)C(=O)Oc1cccc(NC(=O)c2c(F)cccc2F)c1. The number of nitrogens with one attached hydrogen (secondary N) is 1. The van der Waals surface area contributed by atoms with Gasteiger partial charge in [0.1, 0.15) is 22.9 Å². The quantitative estimate of drug-likeness (QED) is 0.944. The number of benzene rings is 2. The molecule has 0 heterocycles. The van der Waals surface area contributed by atoms with Crippen LogP contribution in [0.3, 0.4) is 0 Å². The lowest BCUT2D eigenvalue weighted by Gasteiger charge is -2.12. The van der Waals surface area contributed by atoms with Crippen molar-refractivity contribution in [3.63, 3.8) is 0 Å². The van der Waals surface area contributed by atoms with Crippen LogP contribution in [0.2, 0.25) is 0 Å². The number of anilines is 1. The Morgan fingerprint density at radius 3 is 2.26 bits per heavy atom. The first-order chi connectivity index (χ1) is 10.9. The molecule has 5 nitrogen and oxygen atoms in total. The van der Waals surface area contributed by atoms with Gasteiger partial charge < -0.3 is 15.0 Å². The minimum Gasteiger partial charge on any atom is -0.410 e. The molecular formula is C16H14F2N2O3. The summed E-state index contributed by atoms with van der Waals surface area (Å²) in [6.07, 6.45) is -0.589. The molecule has 0 unspecified atom stereocenters. The van der Waals surface area contributed by atoms with E-state index >= 15 is 0 Å². The molecule has 23 heavy (non-hydrogen) atoms. The highest BCUT2D eigenvalue weighted by molar-refractivity contribution is 6.04. The van der Waals surface area contributed by atoms with Crippen molar-refractivity contribution in [3.8, 4) is 5.75 Å². The van der Waals surface area contributed by atoms with Gasteiger partial charge >= 0.3 is 6.09 Å². The van der Waals surface area contributed by atoms with Crippen molar-refractivity contribution in [3.05, 3.63) is 59.7 Å². The van der Waals surface area contributed by atoms with E-state index in [-0.39, 0.29) is 11.4 Å². The lowest BCUT2D eigenvalue weighted by atomic mass is 10.1. The van der Waals surface area contributed by atoms with Gasteiger partial charge in [0.25, 0.3) is 5.91 Å². The number of ether oxygens (including phenoxy) is 1. The number of carbonyl (C=O) groups excluding carboxylic acids is 2. The molecule has 2 aromatic rings. The van der Waals surface area contributed by atoms with E-state index in [2.05, 4.69) is 5.32 Å². The molecule has 0 spiro atoms. The molecule has 0 aliphatic carbocycles. The maximum atomic E-state index is 13.6. The molecule has 0 atom stereocenters. The molecule has 0 radical (unpaired) electrons. The number of carbonyl (C=O) groups is 2. The van der Waals surface area contributed by atoms with Crippen molar-refractivity contribution in [2.24, 2.45) is 0 Å². The van der Waals surface area contributed by atoms with Crippen molar-refractivity contribution in [1.29, 1.82) is 0 Å². The second kappa shape index (κ2) is 6.87. The summed E-state index contributed by atoms with van der Waals surface area (Å²) in [6, 6.07) is 9.08. The summed E-state index contributed by atoms with van der Waals surface area (Å²) in [5, 5.41) is 2.36. The fourth-order valence-electron chi connectivity index (χ4n) is 1.74. The zero-order valence-electron chi connectivity index (χ0n) is 12.5. The fourth-order valence-corrected chi connectivity index (χ4v) is 1.74. The van der Waals surface area contributed by atoms with Gasteiger partial charge in [-0.15, -0.1) is 0 Å². The molecule has 2 rings (SSSR count). The minimum atomic E-state index is -0.960. The second-order valence-corrected chi connectivity index (χ2v) is 4.84. The molecule has 2 amide bonds. The van der Waals surface area contributed by atoms with Crippen molar-refractivity contribution in [2.45, 2.75) is 0 Å². The van der Waals surface area contributed by atoms with Gasteiger partial charge in [0, 0.05) is 25.8 Å². The summed E-state index contributed by atoms with van der Waals surface area (Å²) in [5.41, 5.74) is -0.440. The molecule has 0 bridgehead atoms. The highest BCUT2D eigenvalue weighted by atomic mass is 19.1. The average molecular weight is 320 g/mol. The largest absolute Gasteiger partial charge is 0.414 e. The van der Waals surface area contributed by atoms with E-state index in [0.29, 0.717) is 0 Å². The summed E-state index contributed by atoms with van der Waals surface area (Å²) in [5.74, 6) is -2.66. The lowest BCUT2D eigenvalue weighted by molar-refractivity contribution is 0.101. The van der Waals surface area contributed by atoms with Crippen LogP contribution in [0.15, 0.2) is 42.5 Å². The maximum Gasteiger partial charge on any atom is 0.414 e. The smallest absolute Gasteiger partial charge is 0.410 e. The van der Waals surface area contributed by atoms with Crippen molar-refractivity contribution in [1.82, 2.24) is 4.90 Å². The Hall–Kier alpha value is -2.96. The van der Waals surface area contributed by atoms with Gasteiger partial charge in [-0.25, -0.2) is 13.6 Å². The van der Waals surface area contributed by atoms with Crippen LogP contribution in [-0.2, 0) is 0 Å². The molecule has 0 aromatic heterocycles. The number of hydrogen-bond acceptors (Lipinski definition) is 3. The normalized spacial score (nSPS) is 10.1. The summed E-state index contributed by atoms with van der Waals surface area (Å²) in [4.78, 5) is 24.7. The number of nitrogens with zero attached hydrogens (tertiary/aromatic N) is 1. The Morgan fingerprint density at radius 1 is 1.04 bits per heavy atom. The Bertz CT molecular complexity index is 728. The first-order valence-corrected chi connectivity index (χ1v) is 6.63. The van der Waals surface area contributed by atoms with Gasteiger partial charge in [-0.1, -0.05) is 12.1 Å². The van der Waals surface area contributed by atoms with E-state index < -0.39 is 29.2 Å². The monoisotopic (exact) mass is 320 g/mol. The van der Waals surface area contributed by atoms with Crippen molar-refractivity contribution in [2.75, 3.05) is 19.4 Å². The highest BCUT2D eigenvalue weighted by Gasteiger charge is 2.17. The van der Waals surface area contributed by atoms with Gasteiger partial charge in [0.15, 0.2) is 0 Å². The molecule has 0 fully saturated rings. The summed E-state index contributed by atoms with van der Waals surface area (Å²) < 4.78 is 32.2. The Balaban J connectivity index is 2.17. The zero-order valence-corrected chi connectivity index (χ0v) is 12.5. The minimum absolute atomic E-state index is 0.190. The highest BCUT2D eigenvalue weighted by Crippen LogP contribution is 2.20. The van der Waals surface area contributed by atoms with E-state index in [9.17, 15) is 18.4 Å². The fraction of sp³-hybridized carbons (Fsp3) is 0.125. The molecule has 7 heteroatoms. The molecule has 0 aliphatic heterocycles. The predicted octanol–water partition coefficient (Wildman–Crippen LogP) is 3.28. The van der Waals surface area contributed by atoms with Crippen LogP contribution in [0.25, 0.3) is 0 Å². The van der Waals surface area contributed by atoms with E-state index in [1.165, 1.54) is 49.3 Å². The second-order valence-electron chi connectivity index (χ2n) is 4.84. The molecular weight excluding hydrogens is 306 g/mol. The zero-order chi connectivity index (χ0) is 17.0. The third kappa shape index (κ3) is 4.03. The van der Waals surface area contributed by atoms with Gasteiger partial charge in [-0.05, 0) is 24.3 Å². The van der Waals surface area contributed by atoms with Gasteiger partial charge in [-0.3, -0.25) is 4.79 Å². The van der Waals surface area contributed by atoms with Crippen molar-refractivity contribution < 1.29 is 23.1 Å². The molecule has 0 saturated heterocycles. The van der Waals surface area contributed by atoms with Crippen LogP contribution in [-0.4, -0.2) is 31.0 Å². The van der Waals surface area contributed by atoms with E-state index in [1.54, 1.807) is 0 Å². The van der Waals surface area contributed by atoms with Crippen LogP contribution in [0, 0.1) is 11.6 Å². The van der Waals surface area contributed by atoms with Gasteiger partial charge in [0.2, 0.25) is 0 Å². The summed E-state index contributed by atoms with van der Waals surface area (Å²) in [6.45, 7) is 0. The van der Waals surface area contributed by atoms with Gasteiger partial charge in [-0.2, -0.15) is 0 Å². The standard InChI is InChI=1S/C16H14F2N2O3/c1-20(2)16(22)23-11-6-3-5-10(9-11)19-15(21)14-12(17)7-4-8-13(14)18/h3-9H,1-2H3,(H,19,21). The Kier molecular flexibility index (Phi) is 4.90. The number of amides is 2. The Morgan fingerprint density at radius 2 is 1.65 bits per heavy atom. The van der Waals surface area contributed by atoms with E-state index in [1.807, 2.05) is 0 Å². The first kappa shape index (κ1) is 16.4. The molecule has 120 valence electrons. The third-order valence-corrected chi connectivity index (χ3v) is 2.85. The maximum absolute atomic E-state index is 13.6. The van der Waals surface area contributed by atoms with Crippen LogP contribution >= 0.6 is 0 Å². The van der Waals surface area contributed by atoms with Crippen LogP contribution < -0.4 is 10.1 Å². The van der Waals surface area contributed by atoms with Crippen molar-refractivity contribution >= 4 is 17.7 Å². The number of halogens is 2. The lowest BCUT2D eigenvalue weighted by Crippen LogP contribution is -2.25. The Labute approximate surface area is 131 Å². The molecule has 1 N–H and O–H groups in total. The van der Waals surface area contributed by atoms with Gasteiger partial charge in [0.05, 0.1) is 0 Å². The topological polar surface area (TPSA) is 58.6 Å². The molecule has 2 aromatic carbocycles. The third-order valence-electron chi connectivity index (χ3n) is 2.85.